The van der Waals surface area contributed by atoms with Crippen LogP contribution < -0.4 is 14.9 Å². The fraction of sp³-hybridized carbons (Fsp3) is 0.364. The van der Waals surface area contributed by atoms with E-state index in [2.05, 4.69) is 16.8 Å². The Balaban J connectivity index is 1.07. The van der Waals surface area contributed by atoms with Crippen LogP contribution in [-0.2, 0) is 12.7 Å². The number of likely N-dealkylation sites (tertiary alicyclic amines) is 1. The third-order valence-corrected chi connectivity index (χ3v) is 7.91. The first-order valence-corrected chi connectivity index (χ1v) is 14.1. The summed E-state index contributed by atoms with van der Waals surface area (Å²) in [6, 6.07) is 18.6. The maximum Gasteiger partial charge on any atom is 0.416 e. The van der Waals surface area contributed by atoms with Crippen molar-refractivity contribution in [1.29, 1.82) is 0 Å². The minimum Gasteiger partial charge on any atom is -0.497 e. The molecule has 0 bridgehead atoms. The molecule has 9 heteroatoms. The van der Waals surface area contributed by atoms with E-state index in [-0.39, 0.29) is 5.43 Å². The van der Waals surface area contributed by atoms with E-state index in [1.165, 1.54) is 18.4 Å². The molecule has 1 fully saturated rings. The van der Waals surface area contributed by atoms with E-state index in [0.29, 0.717) is 47.0 Å². The van der Waals surface area contributed by atoms with Crippen molar-refractivity contribution in [2.45, 2.75) is 38.0 Å². The maximum atomic E-state index is 13.1. The summed E-state index contributed by atoms with van der Waals surface area (Å²) >= 11 is 0. The number of nitrogens with zero attached hydrogens (tertiary/aromatic N) is 2. The number of halogens is 3. The number of hydrogen-bond donors (Lipinski definition) is 0. The highest BCUT2D eigenvalue weighted by Crippen LogP contribution is 2.30. The lowest BCUT2D eigenvalue weighted by Crippen LogP contribution is -2.43. The molecule has 1 aromatic heterocycles. The first-order valence-electron chi connectivity index (χ1n) is 14.1. The monoisotopic (exact) mass is 580 g/mol. The van der Waals surface area contributed by atoms with Crippen LogP contribution in [0.3, 0.4) is 0 Å². The number of benzene rings is 3. The van der Waals surface area contributed by atoms with Crippen molar-refractivity contribution in [2.75, 3.05) is 40.4 Å². The average molecular weight is 581 g/mol. The zero-order valence-corrected chi connectivity index (χ0v) is 23.8. The van der Waals surface area contributed by atoms with Crippen LogP contribution in [-0.4, -0.2) is 56.2 Å². The van der Waals surface area contributed by atoms with Crippen LogP contribution in [0.4, 0.5) is 13.2 Å². The number of ether oxygens (including phenoxy) is 2. The molecule has 0 saturated carbocycles. The van der Waals surface area contributed by atoms with Gasteiger partial charge in [-0.25, -0.2) is 0 Å². The van der Waals surface area contributed by atoms with Crippen LogP contribution in [0.15, 0.2) is 82.2 Å². The van der Waals surface area contributed by atoms with Crippen molar-refractivity contribution < 1.29 is 27.1 Å². The van der Waals surface area contributed by atoms with Gasteiger partial charge in [-0.1, -0.05) is 30.3 Å². The van der Waals surface area contributed by atoms with Crippen molar-refractivity contribution in [3.8, 4) is 22.6 Å². The molecule has 0 amide bonds. The van der Waals surface area contributed by atoms with Gasteiger partial charge in [0.15, 0.2) is 5.43 Å². The van der Waals surface area contributed by atoms with Crippen LogP contribution in [0, 0.1) is 0 Å². The van der Waals surface area contributed by atoms with Gasteiger partial charge < -0.3 is 18.8 Å². The van der Waals surface area contributed by atoms with E-state index in [1.54, 1.807) is 43.5 Å². The molecule has 222 valence electrons. The van der Waals surface area contributed by atoms with Gasteiger partial charge in [-0.05, 0) is 80.9 Å². The van der Waals surface area contributed by atoms with Gasteiger partial charge in [0.1, 0.15) is 23.3 Å². The van der Waals surface area contributed by atoms with Crippen molar-refractivity contribution >= 4 is 11.0 Å². The first-order chi connectivity index (χ1) is 20.2. The number of methoxy groups -OCH3 is 1. The molecular formula is C33H35F3N2O4. The second-order valence-corrected chi connectivity index (χ2v) is 10.8. The normalized spacial score (nSPS) is 14.9. The third kappa shape index (κ3) is 7.14. The smallest absolute Gasteiger partial charge is 0.416 e. The SMILES string of the molecule is COc1ccc(-c2coc3cc(OCCCN(C)C4CCN(Cc5cccc(C(F)(F)F)c5)CC4)ccc3c2=O)cc1. The molecule has 0 atom stereocenters. The molecule has 0 N–H and O–H groups in total. The molecule has 0 spiro atoms. The zero-order valence-electron chi connectivity index (χ0n) is 23.8. The first kappa shape index (κ1) is 29.7. The van der Waals surface area contributed by atoms with Crippen LogP contribution in [0.2, 0.25) is 0 Å². The Morgan fingerprint density at radius 2 is 1.74 bits per heavy atom. The Hall–Kier alpha value is -3.82. The summed E-state index contributed by atoms with van der Waals surface area (Å²) in [7, 11) is 3.71. The van der Waals surface area contributed by atoms with Gasteiger partial charge in [-0.15, -0.1) is 0 Å². The molecule has 1 aliphatic rings. The van der Waals surface area contributed by atoms with Crippen LogP contribution >= 0.6 is 0 Å². The van der Waals surface area contributed by atoms with Gasteiger partial charge in [0.05, 0.1) is 30.2 Å². The predicted octanol–water partition coefficient (Wildman–Crippen LogP) is 6.85. The Labute approximate surface area is 243 Å². The summed E-state index contributed by atoms with van der Waals surface area (Å²) in [6.07, 6.45) is -0.0610. The quantitative estimate of drug-likeness (QED) is 0.191. The average Bonchev–Trinajstić information content (AvgIpc) is 2.99. The van der Waals surface area contributed by atoms with E-state index >= 15 is 0 Å². The largest absolute Gasteiger partial charge is 0.497 e. The summed E-state index contributed by atoms with van der Waals surface area (Å²) in [5, 5.41) is 0.495. The molecule has 3 aromatic carbocycles. The van der Waals surface area contributed by atoms with Gasteiger partial charge in [-0.2, -0.15) is 13.2 Å². The Morgan fingerprint density at radius 1 is 1.00 bits per heavy atom. The van der Waals surface area contributed by atoms with Gasteiger partial charge >= 0.3 is 6.18 Å². The lowest BCUT2D eigenvalue weighted by molar-refractivity contribution is -0.137. The molecule has 0 radical (unpaired) electrons. The molecule has 6 nitrogen and oxygen atoms in total. The topological polar surface area (TPSA) is 55.2 Å². The lowest BCUT2D eigenvalue weighted by atomic mass is 10.0. The fourth-order valence-electron chi connectivity index (χ4n) is 5.48. The van der Waals surface area contributed by atoms with Gasteiger partial charge in [-0.3, -0.25) is 9.69 Å². The standard InChI is InChI=1S/C33H35F3N2O4/c1-37(26-13-16-38(17-14-26)21-23-5-3-6-25(19-23)33(34,35)36)15-4-18-41-28-11-12-29-31(20-28)42-22-30(32(29)39)24-7-9-27(40-2)10-8-24/h3,5-12,19-20,22,26H,4,13-18,21H2,1-2H3. The van der Waals surface area contributed by atoms with Crippen LogP contribution in [0.5, 0.6) is 11.5 Å². The Kier molecular flexibility index (Phi) is 9.18. The summed E-state index contributed by atoms with van der Waals surface area (Å²) in [5.41, 5.74) is 1.73. The van der Waals surface area contributed by atoms with Gasteiger partial charge in [0.2, 0.25) is 0 Å². The second kappa shape index (κ2) is 13.0. The summed E-state index contributed by atoms with van der Waals surface area (Å²) < 4.78 is 56.0. The molecule has 4 aromatic rings. The van der Waals surface area contributed by atoms with Crippen LogP contribution in [0.1, 0.15) is 30.4 Å². The van der Waals surface area contributed by atoms with E-state index < -0.39 is 11.7 Å². The molecule has 42 heavy (non-hydrogen) atoms. The molecule has 5 rings (SSSR count). The number of rotatable bonds is 10. The number of piperidine rings is 1. The summed E-state index contributed by atoms with van der Waals surface area (Å²) in [6.45, 7) is 3.63. The Bertz CT molecular complexity index is 1540. The minimum atomic E-state index is -4.32. The lowest BCUT2D eigenvalue weighted by Gasteiger charge is -2.36. The van der Waals surface area contributed by atoms with Crippen LogP contribution in [0.25, 0.3) is 22.1 Å². The molecule has 1 saturated heterocycles. The highest BCUT2D eigenvalue weighted by Gasteiger charge is 2.30. The van der Waals surface area contributed by atoms with Gasteiger partial charge in [0, 0.05) is 25.2 Å². The molecular weight excluding hydrogens is 545 g/mol. The zero-order chi connectivity index (χ0) is 29.7. The molecule has 0 aliphatic carbocycles. The molecule has 0 unspecified atom stereocenters. The van der Waals surface area contributed by atoms with Crippen molar-refractivity contribution in [2.24, 2.45) is 0 Å². The highest BCUT2D eigenvalue weighted by atomic mass is 19.4. The maximum absolute atomic E-state index is 13.1. The van der Waals surface area contributed by atoms with Crippen molar-refractivity contribution in [3.63, 3.8) is 0 Å². The van der Waals surface area contributed by atoms with Crippen molar-refractivity contribution in [3.05, 3.63) is 94.3 Å². The van der Waals surface area contributed by atoms with E-state index in [4.69, 9.17) is 13.9 Å². The molecule has 2 heterocycles. The number of hydrogen-bond acceptors (Lipinski definition) is 6. The minimum absolute atomic E-state index is 0.101. The Morgan fingerprint density at radius 3 is 2.45 bits per heavy atom. The number of fused-ring (bicyclic) bond motifs is 1. The summed E-state index contributed by atoms with van der Waals surface area (Å²) in [5.74, 6) is 1.36. The predicted molar refractivity (Wildman–Crippen MR) is 157 cm³/mol. The van der Waals surface area contributed by atoms with E-state index in [9.17, 15) is 18.0 Å². The number of alkyl halides is 3. The van der Waals surface area contributed by atoms with E-state index in [0.717, 1.165) is 56.3 Å². The summed E-state index contributed by atoms with van der Waals surface area (Å²) in [4.78, 5) is 17.6. The molecule has 1 aliphatic heterocycles. The van der Waals surface area contributed by atoms with Crippen molar-refractivity contribution in [1.82, 2.24) is 9.80 Å². The highest BCUT2D eigenvalue weighted by molar-refractivity contribution is 5.82. The third-order valence-electron chi connectivity index (χ3n) is 7.91. The second-order valence-electron chi connectivity index (χ2n) is 10.8. The van der Waals surface area contributed by atoms with E-state index in [1.807, 2.05) is 12.1 Å². The van der Waals surface area contributed by atoms with Gasteiger partial charge in [0.25, 0.3) is 0 Å². The fourth-order valence-corrected chi connectivity index (χ4v) is 5.48.